The molecule has 0 saturated carbocycles. The number of likely N-dealkylation sites (tertiary alicyclic amines) is 1. The zero-order valence-electron chi connectivity index (χ0n) is 14.6. The average molecular weight is 354 g/mol. The minimum Gasteiger partial charge on any atom is -0.468 e. The van der Waals surface area contributed by atoms with E-state index in [4.69, 9.17) is 4.42 Å². The van der Waals surface area contributed by atoms with Crippen molar-refractivity contribution in [2.45, 2.75) is 25.4 Å². The topological polar surface area (TPSA) is 46.2 Å². The summed E-state index contributed by atoms with van der Waals surface area (Å²) in [5.41, 5.74) is 1.94. The molecule has 1 fully saturated rings. The Morgan fingerprint density at radius 3 is 2.69 bits per heavy atom. The highest BCUT2D eigenvalue weighted by Gasteiger charge is 2.25. The number of benzene rings is 1. The van der Waals surface area contributed by atoms with Crippen LogP contribution in [0.3, 0.4) is 0 Å². The molecule has 6 heteroatoms. The quantitative estimate of drug-likeness (QED) is 0.705. The van der Waals surface area contributed by atoms with Gasteiger partial charge in [0.1, 0.15) is 11.6 Å². The summed E-state index contributed by atoms with van der Waals surface area (Å²) in [6, 6.07) is 10.6. The summed E-state index contributed by atoms with van der Waals surface area (Å²) in [6.45, 7) is 3.80. The molecule has 1 aliphatic rings. The third-order valence-electron chi connectivity index (χ3n) is 4.85. The van der Waals surface area contributed by atoms with E-state index >= 15 is 0 Å². The molecule has 0 spiro atoms. The number of rotatable bonds is 7. The van der Waals surface area contributed by atoms with Crippen molar-refractivity contribution in [1.29, 1.82) is 0 Å². The van der Waals surface area contributed by atoms with Crippen LogP contribution >= 0.6 is 0 Å². The summed E-state index contributed by atoms with van der Waals surface area (Å²) in [5, 5.41) is 7.89. The standard InChI is InChI=1S/C20H23FN4O/c21-17-5-7-18(8-6-17)25-15-16(13-23-25)12-22-14-19(20-4-3-11-26-20)24-9-1-2-10-24/h3-8,11,13,15,19,22H,1-2,9-10,12,14H2. The van der Waals surface area contributed by atoms with E-state index in [0.717, 1.165) is 43.2 Å². The van der Waals surface area contributed by atoms with Gasteiger partial charge in [-0.1, -0.05) is 0 Å². The van der Waals surface area contributed by atoms with Crippen molar-refractivity contribution >= 4 is 0 Å². The first-order valence-electron chi connectivity index (χ1n) is 9.07. The van der Waals surface area contributed by atoms with Gasteiger partial charge in [-0.2, -0.15) is 5.10 Å². The molecule has 1 unspecified atom stereocenters. The lowest BCUT2D eigenvalue weighted by atomic mass is 10.2. The highest BCUT2D eigenvalue weighted by Crippen LogP contribution is 2.25. The van der Waals surface area contributed by atoms with E-state index in [2.05, 4.69) is 21.4 Å². The van der Waals surface area contributed by atoms with Gasteiger partial charge in [0.05, 0.1) is 24.2 Å². The third-order valence-corrected chi connectivity index (χ3v) is 4.85. The number of nitrogens with one attached hydrogen (secondary N) is 1. The number of aromatic nitrogens is 2. The van der Waals surface area contributed by atoms with E-state index in [1.165, 1.54) is 25.0 Å². The first-order valence-corrected chi connectivity index (χ1v) is 9.07. The zero-order valence-corrected chi connectivity index (χ0v) is 14.6. The van der Waals surface area contributed by atoms with Crippen LogP contribution in [-0.2, 0) is 6.54 Å². The Labute approximate surface area is 152 Å². The second kappa shape index (κ2) is 7.85. The van der Waals surface area contributed by atoms with Crippen molar-refractivity contribution in [1.82, 2.24) is 20.0 Å². The SMILES string of the molecule is Fc1ccc(-n2cc(CNCC(c3ccco3)N3CCCC3)cn2)cc1. The van der Waals surface area contributed by atoms with Crippen molar-refractivity contribution in [3.63, 3.8) is 0 Å². The molecule has 2 aromatic heterocycles. The Kier molecular flexibility index (Phi) is 5.13. The van der Waals surface area contributed by atoms with Crippen molar-refractivity contribution in [3.05, 3.63) is 72.2 Å². The fraction of sp³-hybridized carbons (Fsp3) is 0.350. The monoisotopic (exact) mass is 354 g/mol. The Balaban J connectivity index is 1.37. The third kappa shape index (κ3) is 3.86. The molecular formula is C20H23FN4O. The normalized spacial score (nSPS) is 16.2. The molecule has 1 saturated heterocycles. The summed E-state index contributed by atoms with van der Waals surface area (Å²) in [7, 11) is 0. The highest BCUT2D eigenvalue weighted by molar-refractivity contribution is 5.31. The second-order valence-electron chi connectivity index (χ2n) is 6.67. The van der Waals surface area contributed by atoms with Gasteiger partial charge in [-0.3, -0.25) is 4.90 Å². The molecular weight excluding hydrogens is 331 g/mol. The Hall–Kier alpha value is -2.44. The van der Waals surface area contributed by atoms with Gasteiger partial charge in [-0.05, 0) is 62.3 Å². The fourth-order valence-corrected chi connectivity index (χ4v) is 3.48. The number of nitrogens with zero attached hydrogens (tertiary/aromatic N) is 3. The molecule has 26 heavy (non-hydrogen) atoms. The summed E-state index contributed by atoms with van der Waals surface area (Å²) in [5.74, 6) is 0.773. The van der Waals surface area contributed by atoms with E-state index in [9.17, 15) is 4.39 Å². The molecule has 0 amide bonds. The largest absolute Gasteiger partial charge is 0.468 e. The molecule has 1 aliphatic heterocycles. The van der Waals surface area contributed by atoms with E-state index in [1.54, 1.807) is 23.1 Å². The van der Waals surface area contributed by atoms with Gasteiger partial charge in [0.2, 0.25) is 0 Å². The average Bonchev–Trinajstić information content (AvgIpc) is 3.41. The smallest absolute Gasteiger partial charge is 0.123 e. The highest BCUT2D eigenvalue weighted by atomic mass is 19.1. The van der Waals surface area contributed by atoms with E-state index < -0.39 is 0 Å². The van der Waals surface area contributed by atoms with Gasteiger partial charge in [-0.15, -0.1) is 0 Å². The number of furan rings is 1. The van der Waals surface area contributed by atoms with Crippen LogP contribution in [0.4, 0.5) is 4.39 Å². The van der Waals surface area contributed by atoms with Gasteiger partial charge < -0.3 is 9.73 Å². The van der Waals surface area contributed by atoms with Crippen LogP contribution < -0.4 is 5.32 Å². The molecule has 3 heterocycles. The summed E-state index contributed by atoms with van der Waals surface area (Å²) in [4.78, 5) is 2.48. The summed E-state index contributed by atoms with van der Waals surface area (Å²) < 4.78 is 20.5. The molecule has 4 rings (SSSR count). The van der Waals surface area contributed by atoms with Gasteiger partial charge in [0.15, 0.2) is 0 Å². The van der Waals surface area contributed by atoms with Crippen molar-refractivity contribution in [2.24, 2.45) is 0 Å². The lowest BCUT2D eigenvalue weighted by molar-refractivity contribution is 0.209. The number of hydrogen-bond donors (Lipinski definition) is 1. The molecule has 1 N–H and O–H groups in total. The predicted octanol–water partition coefficient (Wildman–Crippen LogP) is 3.53. The van der Waals surface area contributed by atoms with Gasteiger partial charge in [0.25, 0.3) is 0 Å². The number of halogens is 1. The molecule has 1 atom stereocenters. The Morgan fingerprint density at radius 1 is 1.15 bits per heavy atom. The van der Waals surface area contributed by atoms with Gasteiger partial charge >= 0.3 is 0 Å². The maximum atomic E-state index is 13.0. The summed E-state index contributed by atoms with van der Waals surface area (Å²) >= 11 is 0. The van der Waals surface area contributed by atoms with Crippen LogP contribution in [0, 0.1) is 5.82 Å². The molecule has 5 nitrogen and oxygen atoms in total. The Morgan fingerprint density at radius 2 is 1.96 bits per heavy atom. The van der Waals surface area contributed by atoms with Crippen LogP contribution in [0.25, 0.3) is 5.69 Å². The van der Waals surface area contributed by atoms with Crippen molar-refractivity contribution in [2.75, 3.05) is 19.6 Å². The molecule has 0 bridgehead atoms. The first-order chi connectivity index (χ1) is 12.8. The second-order valence-corrected chi connectivity index (χ2v) is 6.67. The Bertz CT molecular complexity index is 807. The van der Waals surface area contributed by atoms with Gasteiger partial charge in [0, 0.05) is 24.8 Å². The minimum atomic E-state index is -0.242. The van der Waals surface area contributed by atoms with Crippen molar-refractivity contribution in [3.8, 4) is 5.69 Å². The maximum Gasteiger partial charge on any atom is 0.123 e. The van der Waals surface area contributed by atoms with E-state index in [1.807, 2.05) is 18.5 Å². The van der Waals surface area contributed by atoms with Gasteiger partial charge in [-0.25, -0.2) is 9.07 Å². The molecule has 1 aromatic carbocycles. The van der Waals surface area contributed by atoms with E-state index in [-0.39, 0.29) is 11.9 Å². The summed E-state index contributed by atoms with van der Waals surface area (Å²) in [6.07, 6.45) is 8.06. The minimum absolute atomic E-state index is 0.242. The zero-order chi connectivity index (χ0) is 17.8. The lowest BCUT2D eigenvalue weighted by Crippen LogP contribution is -2.33. The van der Waals surface area contributed by atoms with Crippen LogP contribution in [0.5, 0.6) is 0 Å². The van der Waals surface area contributed by atoms with Crippen LogP contribution in [0.2, 0.25) is 0 Å². The predicted molar refractivity (Wildman–Crippen MR) is 97.5 cm³/mol. The molecule has 0 aliphatic carbocycles. The molecule has 0 radical (unpaired) electrons. The van der Waals surface area contributed by atoms with Crippen LogP contribution in [-0.4, -0.2) is 34.3 Å². The number of hydrogen-bond acceptors (Lipinski definition) is 4. The fourth-order valence-electron chi connectivity index (χ4n) is 3.48. The van der Waals surface area contributed by atoms with Crippen molar-refractivity contribution < 1.29 is 8.81 Å². The van der Waals surface area contributed by atoms with Crippen LogP contribution in [0.1, 0.15) is 30.2 Å². The van der Waals surface area contributed by atoms with E-state index in [0.29, 0.717) is 0 Å². The molecule has 3 aromatic rings. The maximum absolute atomic E-state index is 13.0. The lowest BCUT2D eigenvalue weighted by Gasteiger charge is -2.26. The first kappa shape index (κ1) is 17.0. The van der Waals surface area contributed by atoms with Crippen LogP contribution in [0.15, 0.2) is 59.5 Å². The molecule has 136 valence electrons.